The minimum Gasteiger partial charge on any atom is -0.508 e. The van der Waals surface area contributed by atoms with Crippen LogP contribution in [0.15, 0.2) is 24.3 Å². The molecule has 0 unspecified atom stereocenters. The molecule has 1 aromatic carbocycles. The predicted molar refractivity (Wildman–Crippen MR) is 56.9 cm³/mol. The molecule has 0 saturated carbocycles. The van der Waals surface area contributed by atoms with Crippen molar-refractivity contribution in [2.24, 2.45) is 0 Å². The summed E-state index contributed by atoms with van der Waals surface area (Å²) < 4.78 is 5.58. The van der Waals surface area contributed by atoms with Crippen molar-refractivity contribution < 1.29 is 9.84 Å². The van der Waals surface area contributed by atoms with Gasteiger partial charge in [0.15, 0.2) is 0 Å². The van der Waals surface area contributed by atoms with Gasteiger partial charge >= 0.3 is 0 Å². The standard InChI is InChI=1S/C10H16O2Si/c1-13(2,3)8-12-10-6-4-9(11)5-7-10/h4-7,11H,8H2,1-3H3. The summed E-state index contributed by atoms with van der Waals surface area (Å²) in [5.41, 5.74) is 0. The number of phenolic OH excluding ortho intramolecular Hbond substituents is 1. The van der Waals surface area contributed by atoms with E-state index in [0.717, 1.165) is 12.0 Å². The van der Waals surface area contributed by atoms with Gasteiger partial charge in [-0.2, -0.15) is 0 Å². The lowest BCUT2D eigenvalue weighted by Gasteiger charge is -2.16. The summed E-state index contributed by atoms with van der Waals surface area (Å²) in [6.07, 6.45) is 0.817. The van der Waals surface area contributed by atoms with Gasteiger partial charge in [-0.1, -0.05) is 19.6 Å². The maximum atomic E-state index is 9.04. The number of rotatable bonds is 3. The van der Waals surface area contributed by atoms with E-state index in [2.05, 4.69) is 19.6 Å². The number of ether oxygens (including phenoxy) is 1. The molecule has 0 spiro atoms. The Morgan fingerprint density at radius 1 is 1.15 bits per heavy atom. The molecule has 0 aromatic heterocycles. The molecule has 72 valence electrons. The first kappa shape index (κ1) is 10.1. The average molecular weight is 196 g/mol. The predicted octanol–water partition coefficient (Wildman–Crippen LogP) is 2.65. The maximum absolute atomic E-state index is 9.04. The number of hydrogen-bond donors (Lipinski definition) is 1. The van der Waals surface area contributed by atoms with Gasteiger partial charge in [0.05, 0.1) is 14.3 Å². The quantitative estimate of drug-likeness (QED) is 0.753. The van der Waals surface area contributed by atoms with E-state index in [-0.39, 0.29) is 5.75 Å². The van der Waals surface area contributed by atoms with Gasteiger partial charge < -0.3 is 9.84 Å². The number of phenols is 1. The third kappa shape index (κ3) is 3.99. The molecule has 0 amide bonds. The van der Waals surface area contributed by atoms with Crippen LogP contribution in [-0.2, 0) is 0 Å². The van der Waals surface area contributed by atoms with Gasteiger partial charge in [-0.3, -0.25) is 0 Å². The van der Waals surface area contributed by atoms with Crippen LogP contribution >= 0.6 is 0 Å². The third-order valence-electron chi connectivity index (χ3n) is 1.51. The smallest absolute Gasteiger partial charge is 0.119 e. The minimum absolute atomic E-state index is 0.278. The molecule has 0 fully saturated rings. The molecule has 0 aliphatic carbocycles. The van der Waals surface area contributed by atoms with E-state index >= 15 is 0 Å². The molecular formula is C10H16O2Si. The molecule has 0 bridgehead atoms. The molecule has 0 saturated heterocycles. The molecule has 1 N–H and O–H groups in total. The van der Waals surface area contributed by atoms with Crippen molar-refractivity contribution in [3.05, 3.63) is 24.3 Å². The first-order valence-corrected chi connectivity index (χ1v) is 8.10. The summed E-state index contributed by atoms with van der Waals surface area (Å²) in [5.74, 6) is 1.11. The largest absolute Gasteiger partial charge is 0.508 e. The summed E-state index contributed by atoms with van der Waals surface area (Å²) >= 11 is 0. The summed E-state index contributed by atoms with van der Waals surface area (Å²) in [4.78, 5) is 0. The number of aromatic hydroxyl groups is 1. The number of hydrogen-bond acceptors (Lipinski definition) is 2. The van der Waals surface area contributed by atoms with E-state index in [9.17, 15) is 0 Å². The molecule has 0 aliphatic rings. The molecule has 2 nitrogen and oxygen atoms in total. The topological polar surface area (TPSA) is 29.5 Å². The highest BCUT2D eigenvalue weighted by molar-refractivity contribution is 6.76. The Kier molecular flexibility index (Phi) is 2.98. The zero-order valence-electron chi connectivity index (χ0n) is 8.37. The van der Waals surface area contributed by atoms with Crippen molar-refractivity contribution in [3.8, 4) is 11.5 Å². The van der Waals surface area contributed by atoms with Crippen molar-refractivity contribution in [1.29, 1.82) is 0 Å². The van der Waals surface area contributed by atoms with Gasteiger partial charge in [-0.15, -0.1) is 0 Å². The Labute approximate surface area is 80.2 Å². The molecule has 0 atom stereocenters. The average Bonchev–Trinajstić information content (AvgIpc) is 2.02. The fourth-order valence-corrected chi connectivity index (χ4v) is 1.44. The molecule has 0 radical (unpaired) electrons. The Morgan fingerprint density at radius 2 is 1.69 bits per heavy atom. The van der Waals surface area contributed by atoms with Gasteiger partial charge in [0, 0.05) is 0 Å². The molecule has 13 heavy (non-hydrogen) atoms. The van der Waals surface area contributed by atoms with Crippen molar-refractivity contribution in [1.82, 2.24) is 0 Å². The van der Waals surface area contributed by atoms with Crippen LogP contribution in [0, 0.1) is 0 Å². The van der Waals surface area contributed by atoms with Crippen molar-refractivity contribution in [2.75, 3.05) is 6.23 Å². The van der Waals surface area contributed by atoms with E-state index in [0.29, 0.717) is 0 Å². The molecule has 1 aromatic rings. The minimum atomic E-state index is -1.14. The lowest BCUT2D eigenvalue weighted by atomic mass is 10.3. The Hall–Kier alpha value is -0.963. The zero-order valence-corrected chi connectivity index (χ0v) is 9.37. The van der Waals surface area contributed by atoms with Gasteiger partial charge in [0.2, 0.25) is 0 Å². The first-order valence-electron chi connectivity index (χ1n) is 4.39. The van der Waals surface area contributed by atoms with Gasteiger partial charge in [-0.25, -0.2) is 0 Å². The monoisotopic (exact) mass is 196 g/mol. The van der Waals surface area contributed by atoms with E-state index in [1.165, 1.54) is 0 Å². The highest BCUT2D eigenvalue weighted by atomic mass is 28.3. The van der Waals surface area contributed by atoms with Crippen LogP contribution < -0.4 is 4.74 Å². The second-order valence-corrected chi connectivity index (χ2v) is 9.75. The van der Waals surface area contributed by atoms with E-state index in [1.807, 2.05) is 0 Å². The third-order valence-corrected chi connectivity index (χ3v) is 2.52. The Morgan fingerprint density at radius 3 is 2.15 bits per heavy atom. The van der Waals surface area contributed by atoms with Gasteiger partial charge in [0.1, 0.15) is 11.5 Å². The van der Waals surface area contributed by atoms with Crippen molar-refractivity contribution in [2.45, 2.75) is 19.6 Å². The normalized spacial score (nSPS) is 11.3. The van der Waals surface area contributed by atoms with Crippen LogP contribution in [0.1, 0.15) is 0 Å². The Bertz CT molecular complexity index is 261. The fraction of sp³-hybridized carbons (Fsp3) is 0.400. The van der Waals surface area contributed by atoms with Crippen LogP contribution in [-0.4, -0.2) is 19.4 Å². The van der Waals surface area contributed by atoms with Crippen LogP contribution in [0.5, 0.6) is 11.5 Å². The second-order valence-electron chi connectivity index (χ2n) is 4.34. The van der Waals surface area contributed by atoms with Gasteiger partial charge in [0.25, 0.3) is 0 Å². The lowest BCUT2D eigenvalue weighted by molar-refractivity contribution is 0.377. The maximum Gasteiger partial charge on any atom is 0.119 e. The van der Waals surface area contributed by atoms with Crippen LogP contribution in [0.4, 0.5) is 0 Å². The van der Waals surface area contributed by atoms with Crippen LogP contribution in [0.25, 0.3) is 0 Å². The zero-order chi connectivity index (χ0) is 9.90. The van der Waals surface area contributed by atoms with E-state index < -0.39 is 8.07 Å². The van der Waals surface area contributed by atoms with Crippen LogP contribution in [0.3, 0.4) is 0 Å². The summed E-state index contributed by atoms with van der Waals surface area (Å²) in [7, 11) is -1.14. The lowest BCUT2D eigenvalue weighted by Crippen LogP contribution is -2.29. The first-order chi connectivity index (χ1) is 5.97. The summed E-state index contributed by atoms with van der Waals surface area (Å²) in [5, 5.41) is 9.04. The van der Waals surface area contributed by atoms with E-state index in [1.54, 1.807) is 24.3 Å². The van der Waals surface area contributed by atoms with Crippen LogP contribution in [0.2, 0.25) is 19.6 Å². The Balaban J connectivity index is 2.51. The van der Waals surface area contributed by atoms with E-state index in [4.69, 9.17) is 9.84 Å². The summed E-state index contributed by atoms with van der Waals surface area (Å²) in [6.45, 7) is 6.77. The SMILES string of the molecule is C[Si](C)(C)COc1ccc(O)cc1. The molecule has 0 heterocycles. The number of benzene rings is 1. The van der Waals surface area contributed by atoms with Crippen molar-refractivity contribution in [3.63, 3.8) is 0 Å². The molecule has 1 rings (SSSR count). The highest BCUT2D eigenvalue weighted by Crippen LogP contribution is 2.16. The van der Waals surface area contributed by atoms with Gasteiger partial charge in [-0.05, 0) is 24.3 Å². The summed E-state index contributed by atoms with van der Waals surface area (Å²) in [6, 6.07) is 6.85. The molecule has 0 aliphatic heterocycles. The van der Waals surface area contributed by atoms with Crippen molar-refractivity contribution >= 4 is 8.07 Å². The highest BCUT2D eigenvalue weighted by Gasteiger charge is 2.13. The molecule has 3 heteroatoms. The fourth-order valence-electron chi connectivity index (χ4n) is 0.842. The molecular weight excluding hydrogens is 180 g/mol. The second kappa shape index (κ2) is 3.83.